The van der Waals surface area contributed by atoms with Gasteiger partial charge in [-0.2, -0.15) is 22.9 Å². The van der Waals surface area contributed by atoms with Gasteiger partial charge in [-0.1, -0.05) is 100 Å². The second-order valence-corrected chi connectivity index (χ2v) is 15.2. The van der Waals surface area contributed by atoms with E-state index in [1.54, 1.807) is 6.20 Å². The maximum atomic E-state index is 6.54. The number of benzene rings is 4. The average molecular weight is 1130 g/mol. The molecule has 0 aliphatic rings. The molecule has 0 fully saturated rings. The van der Waals surface area contributed by atoms with Gasteiger partial charge in [0.1, 0.15) is 0 Å². The van der Waals surface area contributed by atoms with Gasteiger partial charge in [0.2, 0.25) is 0 Å². The van der Waals surface area contributed by atoms with Gasteiger partial charge in [0, 0.05) is 35.4 Å². The van der Waals surface area contributed by atoms with Crippen LogP contribution in [0.5, 0.6) is 23.0 Å². The summed E-state index contributed by atoms with van der Waals surface area (Å²) in [6.45, 7) is 16.9. The number of rotatable bonds is 10. The molecule has 10 heteroatoms. The van der Waals surface area contributed by atoms with Crippen LogP contribution in [-0.4, -0.2) is 29.7 Å². The van der Waals surface area contributed by atoms with Crippen molar-refractivity contribution >= 4 is 21.8 Å². The minimum atomic E-state index is 0. The Bertz CT molecular complexity index is 2570. The van der Waals surface area contributed by atoms with Crippen molar-refractivity contribution in [2.75, 3.05) is 0 Å². The van der Waals surface area contributed by atoms with Gasteiger partial charge in [0.05, 0.1) is 11.9 Å². The summed E-state index contributed by atoms with van der Waals surface area (Å²) < 4.78 is 15.0. The van der Waals surface area contributed by atoms with E-state index < -0.39 is 0 Å². The zero-order valence-corrected chi connectivity index (χ0v) is 38.1. The maximum Gasteiger partial charge on any atom is 2.00 e. The normalized spacial score (nSPS) is 11.3. The van der Waals surface area contributed by atoms with E-state index in [1.807, 2.05) is 65.5 Å². The van der Waals surface area contributed by atoms with Crippen LogP contribution in [0, 0.1) is 38.1 Å². The monoisotopic (exact) mass is 1120 g/mol. The number of ether oxygens (including phenoxy) is 2. The molecule has 296 valence electrons. The number of aryl methyl sites for hydroxylation is 2. The molecule has 0 N–H and O–H groups in total. The van der Waals surface area contributed by atoms with Crippen LogP contribution < -0.4 is 9.47 Å². The smallest absolute Gasteiger partial charge is 0.503 e. The third-order valence-electron chi connectivity index (χ3n) is 9.78. The van der Waals surface area contributed by atoms with Gasteiger partial charge in [0.15, 0.2) is 0 Å². The number of fused-ring (bicyclic) bond motifs is 3. The van der Waals surface area contributed by atoms with Crippen LogP contribution in [0.25, 0.3) is 50.3 Å². The van der Waals surface area contributed by atoms with E-state index in [2.05, 4.69) is 124 Å². The molecule has 0 unspecified atom stereocenters. The summed E-state index contributed by atoms with van der Waals surface area (Å²) in [5.41, 5.74) is 10.2. The predicted molar refractivity (Wildman–Crippen MR) is 221 cm³/mol. The summed E-state index contributed by atoms with van der Waals surface area (Å²) >= 11 is 0. The molecule has 0 amide bonds. The van der Waals surface area contributed by atoms with Crippen molar-refractivity contribution < 1.29 is 51.6 Å². The topological polar surface area (TPSA) is 87.8 Å². The summed E-state index contributed by atoms with van der Waals surface area (Å²) in [6.07, 6.45) is 5.41. The van der Waals surface area contributed by atoms with Crippen LogP contribution in [0.3, 0.4) is 0 Å². The number of aromatic nitrogens is 6. The molecule has 0 spiro atoms. The van der Waals surface area contributed by atoms with Gasteiger partial charge in [0.25, 0.3) is 5.95 Å². The van der Waals surface area contributed by atoms with Gasteiger partial charge >= 0.3 is 42.1 Å². The Morgan fingerprint density at radius 2 is 1.00 bits per heavy atom. The van der Waals surface area contributed by atoms with Gasteiger partial charge in [-0.3, -0.25) is 0 Å². The fraction of sp³-hybridized carbons (Fsp3) is 0.229. The first-order chi connectivity index (χ1) is 27.0. The van der Waals surface area contributed by atoms with E-state index in [0.29, 0.717) is 40.0 Å². The number of hydrogen-bond donors (Lipinski definition) is 0. The van der Waals surface area contributed by atoms with Gasteiger partial charge in [-0.05, 0) is 55.1 Å². The van der Waals surface area contributed by atoms with Crippen molar-refractivity contribution in [3.05, 3.63) is 144 Å². The van der Waals surface area contributed by atoms with Crippen molar-refractivity contribution in [2.45, 2.75) is 73.1 Å². The SMILES string of the molecule is Cc1ccnc(-c2[c-]c(Oc3[c-]c4c(cc3)c3ccc(Oc5[c-]c(-c6cc(C)ccn6)cc(C(C)C)c5)[c-]c3n4-c3ncc(C(C)C)nn3)cc(C(C)C)c2)c1.[Pt+2].[Pt+2]. The Morgan fingerprint density at radius 1 is 0.517 bits per heavy atom. The minimum absolute atomic E-state index is 0. The first-order valence-corrected chi connectivity index (χ1v) is 19.0. The molecule has 8 nitrogen and oxygen atoms in total. The maximum absolute atomic E-state index is 6.54. The van der Waals surface area contributed by atoms with Crippen LogP contribution in [0.4, 0.5) is 0 Å². The molecule has 4 aromatic heterocycles. The van der Waals surface area contributed by atoms with Crippen LogP contribution in [0.15, 0.2) is 91.4 Å². The van der Waals surface area contributed by atoms with Gasteiger partial charge in [-0.25, -0.2) is 4.98 Å². The number of hydrogen-bond acceptors (Lipinski definition) is 7. The summed E-state index contributed by atoms with van der Waals surface area (Å²) in [7, 11) is 0. The molecule has 0 aliphatic heterocycles. The molecule has 0 saturated carbocycles. The van der Waals surface area contributed by atoms with Crippen molar-refractivity contribution in [3.8, 4) is 51.5 Å². The van der Waals surface area contributed by atoms with Crippen molar-refractivity contribution in [2.24, 2.45) is 0 Å². The zero-order chi connectivity index (χ0) is 39.1. The Hall–Kier alpha value is -5.03. The van der Waals surface area contributed by atoms with E-state index in [1.165, 1.54) is 0 Å². The Labute approximate surface area is 369 Å². The molecule has 0 atom stereocenters. The van der Waals surface area contributed by atoms with E-state index >= 15 is 0 Å². The fourth-order valence-electron chi connectivity index (χ4n) is 6.58. The molecular formula is C48H42N6O2Pt2. The number of pyridine rings is 2. The second kappa shape index (κ2) is 17.8. The summed E-state index contributed by atoms with van der Waals surface area (Å²) in [5, 5.41) is 11.0. The molecule has 4 aromatic carbocycles. The molecule has 4 heterocycles. The molecule has 58 heavy (non-hydrogen) atoms. The second-order valence-electron chi connectivity index (χ2n) is 15.2. The number of nitrogens with zero attached hydrogens (tertiary/aromatic N) is 6. The zero-order valence-electron chi connectivity index (χ0n) is 33.5. The molecule has 0 aliphatic carbocycles. The average Bonchev–Trinajstić information content (AvgIpc) is 3.50. The van der Waals surface area contributed by atoms with Gasteiger partial charge < -0.3 is 24.0 Å². The molecule has 0 radical (unpaired) electrons. The van der Waals surface area contributed by atoms with Crippen LogP contribution in [-0.2, 0) is 42.1 Å². The quantitative estimate of drug-likeness (QED) is 0.126. The fourth-order valence-corrected chi connectivity index (χ4v) is 6.58. The van der Waals surface area contributed by atoms with E-state index in [9.17, 15) is 0 Å². The standard InChI is InChI=1S/C48H42N6O2.2Pt/c1-28(2)33-19-35(43-17-31(7)13-15-49-43)23-39(21-33)55-37-9-11-41-42-12-10-38(26-47(42)54(46(41)25-37)48-51-27-45(30(5)6)52-53-48)56-40-22-34(29(3)4)20-36(24-40)44-18-32(8)14-16-50-44;;/h9-22,27-30H,1-8H3;;/q-4;2*+2. The van der Waals surface area contributed by atoms with E-state index in [4.69, 9.17) is 14.5 Å². The van der Waals surface area contributed by atoms with Gasteiger partial charge in [-0.15, -0.1) is 68.8 Å². The third-order valence-corrected chi connectivity index (χ3v) is 9.78. The Balaban J connectivity index is 0.00000283. The Kier molecular flexibility index (Phi) is 13.1. The third kappa shape index (κ3) is 8.99. The summed E-state index contributed by atoms with van der Waals surface area (Å²) in [6, 6.07) is 38.3. The van der Waals surface area contributed by atoms with Crippen LogP contribution in [0.1, 0.15) is 87.2 Å². The van der Waals surface area contributed by atoms with Crippen molar-refractivity contribution in [1.82, 2.24) is 29.7 Å². The Morgan fingerprint density at radius 3 is 1.40 bits per heavy atom. The molecule has 0 saturated heterocycles. The van der Waals surface area contributed by atoms with Crippen LogP contribution in [0.2, 0.25) is 0 Å². The summed E-state index contributed by atoms with van der Waals surface area (Å²) in [4.78, 5) is 14.0. The molecular weight excluding hydrogens is 1080 g/mol. The first kappa shape index (κ1) is 42.6. The predicted octanol–water partition coefficient (Wildman–Crippen LogP) is 11.9. The largest absolute Gasteiger partial charge is 2.00 e. The summed E-state index contributed by atoms with van der Waals surface area (Å²) in [5.74, 6) is 3.29. The molecule has 8 aromatic rings. The van der Waals surface area contributed by atoms with Crippen molar-refractivity contribution in [1.29, 1.82) is 0 Å². The van der Waals surface area contributed by atoms with E-state index in [0.717, 1.165) is 61.2 Å². The minimum Gasteiger partial charge on any atom is -0.503 e. The molecule has 0 bridgehead atoms. The molecule has 8 rings (SSSR count). The first-order valence-electron chi connectivity index (χ1n) is 19.0. The van der Waals surface area contributed by atoms with Crippen molar-refractivity contribution in [3.63, 3.8) is 0 Å². The van der Waals surface area contributed by atoms with Crippen LogP contribution >= 0.6 is 0 Å². The van der Waals surface area contributed by atoms with E-state index in [-0.39, 0.29) is 59.9 Å².